The Morgan fingerprint density at radius 1 is 1.61 bits per heavy atom. The van der Waals surface area contributed by atoms with Crippen LogP contribution in [0, 0.1) is 5.92 Å². The second kappa shape index (κ2) is 7.20. The number of amidine groups is 1. The Bertz CT molecular complexity index is 307. The molecular formula is C12H23N3O3. The van der Waals surface area contributed by atoms with E-state index in [-0.39, 0.29) is 23.9 Å². The van der Waals surface area contributed by atoms with E-state index in [1.165, 1.54) is 0 Å². The van der Waals surface area contributed by atoms with Crippen molar-refractivity contribution in [3.8, 4) is 0 Å². The van der Waals surface area contributed by atoms with Gasteiger partial charge in [-0.1, -0.05) is 18.5 Å². The molecule has 0 spiro atoms. The number of methoxy groups -OCH3 is 1. The Kier molecular flexibility index (Phi) is 5.91. The molecule has 1 aliphatic carbocycles. The summed E-state index contributed by atoms with van der Waals surface area (Å²) in [6.07, 6.45) is 4.37. The maximum Gasteiger partial charge on any atom is 0.231 e. The first kappa shape index (κ1) is 14.8. The number of ether oxygens (including phenoxy) is 1. The van der Waals surface area contributed by atoms with Gasteiger partial charge in [-0.25, -0.2) is 0 Å². The minimum Gasteiger partial charge on any atom is -0.409 e. The van der Waals surface area contributed by atoms with Crippen molar-refractivity contribution < 1.29 is 14.7 Å². The van der Waals surface area contributed by atoms with Crippen LogP contribution in [0.1, 0.15) is 39.0 Å². The third kappa shape index (κ3) is 3.60. The molecule has 1 aliphatic rings. The number of rotatable bonds is 6. The zero-order chi connectivity index (χ0) is 13.5. The van der Waals surface area contributed by atoms with Gasteiger partial charge in [0.15, 0.2) is 5.84 Å². The van der Waals surface area contributed by atoms with E-state index in [1.54, 1.807) is 7.11 Å². The third-order valence-electron chi connectivity index (χ3n) is 3.45. The number of amides is 1. The quantitative estimate of drug-likeness (QED) is 0.284. The van der Waals surface area contributed by atoms with E-state index in [1.807, 2.05) is 6.92 Å². The van der Waals surface area contributed by atoms with Crippen molar-refractivity contribution in [1.82, 2.24) is 5.32 Å². The predicted octanol–water partition coefficient (Wildman–Crippen LogP) is 0.833. The Morgan fingerprint density at radius 3 is 2.89 bits per heavy atom. The molecule has 0 saturated heterocycles. The Hall–Kier alpha value is -1.30. The molecule has 6 heteroatoms. The highest BCUT2D eigenvalue weighted by molar-refractivity contribution is 6.02. The van der Waals surface area contributed by atoms with E-state index in [9.17, 15) is 4.79 Å². The number of oxime groups is 1. The normalized spacial score (nSPS) is 26.0. The number of nitrogens with one attached hydrogen (secondary N) is 1. The molecule has 0 aromatic carbocycles. The lowest BCUT2D eigenvalue weighted by Crippen LogP contribution is -2.46. The molecule has 4 N–H and O–H groups in total. The molecule has 0 aromatic rings. The van der Waals surface area contributed by atoms with Crippen molar-refractivity contribution in [1.29, 1.82) is 0 Å². The summed E-state index contributed by atoms with van der Waals surface area (Å²) < 4.78 is 5.33. The summed E-state index contributed by atoms with van der Waals surface area (Å²) in [5.41, 5.74) is 5.55. The Labute approximate surface area is 108 Å². The summed E-state index contributed by atoms with van der Waals surface area (Å²) in [6.45, 7) is 1.96. The number of nitrogens with zero attached hydrogens (tertiary/aromatic N) is 1. The second-order valence-electron chi connectivity index (χ2n) is 4.69. The van der Waals surface area contributed by atoms with Crippen LogP contribution in [-0.2, 0) is 9.53 Å². The lowest BCUT2D eigenvalue weighted by Gasteiger charge is -2.22. The number of carbonyl (C=O) groups is 1. The smallest absolute Gasteiger partial charge is 0.231 e. The zero-order valence-electron chi connectivity index (χ0n) is 11.1. The van der Waals surface area contributed by atoms with E-state index in [0.29, 0.717) is 6.42 Å². The van der Waals surface area contributed by atoms with Crippen molar-refractivity contribution in [3.63, 3.8) is 0 Å². The van der Waals surface area contributed by atoms with E-state index in [2.05, 4.69) is 10.5 Å². The van der Waals surface area contributed by atoms with Crippen LogP contribution in [0.3, 0.4) is 0 Å². The van der Waals surface area contributed by atoms with E-state index in [0.717, 1.165) is 25.7 Å². The predicted molar refractivity (Wildman–Crippen MR) is 68.4 cm³/mol. The highest BCUT2D eigenvalue weighted by Crippen LogP contribution is 2.22. The van der Waals surface area contributed by atoms with Gasteiger partial charge >= 0.3 is 0 Å². The molecule has 3 atom stereocenters. The number of hydrogen-bond donors (Lipinski definition) is 3. The molecule has 1 rings (SSSR count). The van der Waals surface area contributed by atoms with Gasteiger partial charge in [0, 0.05) is 7.11 Å². The molecule has 6 nitrogen and oxygen atoms in total. The molecule has 18 heavy (non-hydrogen) atoms. The first-order valence-corrected chi connectivity index (χ1v) is 6.44. The van der Waals surface area contributed by atoms with Crippen molar-refractivity contribution in [3.05, 3.63) is 0 Å². The topological polar surface area (TPSA) is 96.9 Å². The van der Waals surface area contributed by atoms with Crippen LogP contribution in [0.5, 0.6) is 0 Å². The summed E-state index contributed by atoms with van der Waals surface area (Å²) in [5, 5.41) is 14.6. The SMILES string of the molecule is CCCC(C(=O)NC1CCCC1OC)/C(N)=N/O. The molecule has 1 saturated carbocycles. The third-order valence-corrected chi connectivity index (χ3v) is 3.45. The van der Waals surface area contributed by atoms with Gasteiger partial charge in [0.1, 0.15) is 0 Å². The lowest BCUT2D eigenvalue weighted by atomic mass is 10.0. The fourth-order valence-electron chi connectivity index (χ4n) is 2.43. The average Bonchev–Trinajstić information content (AvgIpc) is 2.82. The van der Waals surface area contributed by atoms with E-state index < -0.39 is 5.92 Å². The lowest BCUT2D eigenvalue weighted by molar-refractivity contribution is -0.124. The minimum atomic E-state index is -0.557. The molecule has 0 radical (unpaired) electrons. The first-order valence-electron chi connectivity index (χ1n) is 6.44. The monoisotopic (exact) mass is 257 g/mol. The molecule has 104 valence electrons. The van der Waals surface area contributed by atoms with Crippen LogP contribution in [-0.4, -0.2) is 36.2 Å². The van der Waals surface area contributed by atoms with Gasteiger partial charge in [-0.15, -0.1) is 0 Å². The van der Waals surface area contributed by atoms with Crippen molar-refractivity contribution in [2.75, 3.05) is 7.11 Å². The maximum atomic E-state index is 12.1. The average molecular weight is 257 g/mol. The van der Waals surface area contributed by atoms with E-state index in [4.69, 9.17) is 15.7 Å². The fraction of sp³-hybridized carbons (Fsp3) is 0.833. The largest absolute Gasteiger partial charge is 0.409 e. The molecular weight excluding hydrogens is 234 g/mol. The van der Waals surface area contributed by atoms with E-state index >= 15 is 0 Å². The fourth-order valence-corrected chi connectivity index (χ4v) is 2.43. The zero-order valence-corrected chi connectivity index (χ0v) is 11.1. The summed E-state index contributed by atoms with van der Waals surface area (Å²) in [4.78, 5) is 12.1. The summed E-state index contributed by atoms with van der Waals surface area (Å²) >= 11 is 0. The highest BCUT2D eigenvalue weighted by Gasteiger charge is 2.31. The number of hydrogen-bond acceptors (Lipinski definition) is 4. The molecule has 1 amide bonds. The maximum absolute atomic E-state index is 12.1. The second-order valence-corrected chi connectivity index (χ2v) is 4.69. The first-order chi connectivity index (χ1) is 8.63. The summed E-state index contributed by atoms with van der Waals surface area (Å²) in [7, 11) is 1.65. The minimum absolute atomic E-state index is 0.0266. The number of carbonyl (C=O) groups excluding carboxylic acids is 1. The van der Waals surface area contributed by atoms with Crippen LogP contribution in [0.4, 0.5) is 0 Å². The number of nitrogens with two attached hydrogens (primary N) is 1. The van der Waals surface area contributed by atoms with Crippen LogP contribution in [0.15, 0.2) is 5.16 Å². The molecule has 0 aliphatic heterocycles. The van der Waals surface area contributed by atoms with Crippen LogP contribution < -0.4 is 11.1 Å². The van der Waals surface area contributed by atoms with Crippen LogP contribution in [0.2, 0.25) is 0 Å². The Morgan fingerprint density at radius 2 is 2.33 bits per heavy atom. The summed E-state index contributed by atoms with van der Waals surface area (Å²) in [6, 6.07) is 0.0355. The van der Waals surface area contributed by atoms with Gasteiger partial charge in [-0.2, -0.15) is 0 Å². The van der Waals surface area contributed by atoms with Crippen molar-refractivity contribution in [2.24, 2.45) is 16.8 Å². The van der Waals surface area contributed by atoms with Gasteiger partial charge in [0.2, 0.25) is 5.91 Å². The highest BCUT2D eigenvalue weighted by atomic mass is 16.5. The van der Waals surface area contributed by atoms with Crippen molar-refractivity contribution in [2.45, 2.75) is 51.2 Å². The van der Waals surface area contributed by atoms with Gasteiger partial charge in [0.25, 0.3) is 0 Å². The van der Waals surface area contributed by atoms with Gasteiger partial charge in [-0.05, 0) is 25.7 Å². The standard InChI is InChI=1S/C12H23N3O3/c1-3-5-8(11(13)15-17)12(16)14-9-6-4-7-10(9)18-2/h8-10,17H,3-7H2,1-2H3,(H2,13,15)(H,14,16). The van der Waals surface area contributed by atoms with Gasteiger partial charge in [-0.3, -0.25) is 4.79 Å². The molecule has 3 unspecified atom stereocenters. The molecule has 1 fully saturated rings. The molecule has 0 heterocycles. The van der Waals surface area contributed by atoms with Gasteiger partial charge < -0.3 is 21.0 Å². The molecule has 0 bridgehead atoms. The summed E-state index contributed by atoms with van der Waals surface area (Å²) in [5.74, 6) is -0.763. The van der Waals surface area contributed by atoms with Crippen molar-refractivity contribution >= 4 is 11.7 Å². The van der Waals surface area contributed by atoms with Crippen LogP contribution in [0.25, 0.3) is 0 Å². The van der Waals surface area contributed by atoms with Crippen LogP contribution >= 0.6 is 0 Å². The Balaban J connectivity index is 2.61. The van der Waals surface area contributed by atoms with Gasteiger partial charge in [0.05, 0.1) is 18.1 Å². The molecule has 0 aromatic heterocycles.